The molecule has 56 heavy (non-hydrogen) atoms. The monoisotopic (exact) mass is 717 g/mol. The zero-order chi connectivity index (χ0) is 36.7. The minimum Gasteiger partial charge on any atom is -0.456 e. The SMILES string of the molecule is c1ccc(-c2ccc3oc4cccc(C5=NC(c6cccc7oc8ccccc8c67)NC(c6cc7ccccc7c7c6ccc6ccccc67)=N5)c4c3c2)cc1. The number of amidine groups is 2. The zero-order valence-corrected chi connectivity index (χ0v) is 30.0. The van der Waals surface area contributed by atoms with E-state index in [2.05, 4.69) is 145 Å². The van der Waals surface area contributed by atoms with Gasteiger partial charge < -0.3 is 14.2 Å². The third kappa shape index (κ3) is 4.67. The molecule has 0 aliphatic carbocycles. The summed E-state index contributed by atoms with van der Waals surface area (Å²) in [6.07, 6.45) is -0.475. The molecule has 1 N–H and O–H groups in total. The van der Waals surface area contributed by atoms with E-state index in [1.165, 1.54) is 21.5 Å². The molecule has 5 nitrogen and oxygen atoms in total. The smallest absolute Gasteiger partial charge is 0.160 e. The van der Waals surface area contributed by atoms with Crippen LogP contribution in [0.5, 0.6) is 0 Å². The third-order valence-corrected chi connectivity index (χ3v) is 11.3. The molecule has 1 aliphatic heterocycles. The largest absolute Gasteiger partial charge is 0.456 e. The molecule has 0 radical (unpaired) electrons. The quantitative estimate of drug-likeness (QED) is 0.184. The molecule has 0 amide bonds. The summed E-state index contributed by atoms with van der Waals surface area (Å²) in [5.74, 6) is 1.39. The van der Waals surface area contributed by atoms with Crippen molar-refractivity contribution < 1.29 is 8.83 Å². The molecular weight excluding hydrogens is 687 g/mol. The van der Waals surface area contributed by atoms with Crippen molar-refractivity contribution in [1.82, 2.24) is 5.32 Å². The normalized spacial score (nSPS) is 14.6. The minimum absolute atomic E-state index is 0.475. The fraction of sp³-hybridized carbons (Fsp3) is 0.0196. The summed E-state index contributed by atoms with van der Waals surface area (Å²) in [6.45, 7) is 0. The summed E-state index contributed by atoms with van der Waals surface area (Å²) in [7, 11) is 0. The number of furan rings is 2. The van der Waals surface area contributed by atoms with Crippen LogP contribution in [0.25, 0.3) is 87.3 Å². The van der Waals surface area contributed by atoms with Gasteiger partial charge in [-0.25, -0.2) is 9.98 Å². The molecule has 0 bridgehead atoms. The van der Waals surface area contributed by atoms with E-state index in [9.17, 15) is 0 Å². The maximum Gasteiger partial charge on any atom is 0.160 e. The van der Waals surface area contributed by atoms with Gasteiger partial charge in [-0.15, -0.1) is 0 Å². The number of fused-ring (bicyclic) bond motifs is 11. The van der Waals surface area contributed by atoms with Crippen LogP contribution < -0.4 is 5.32 Å². The highest BCUT2D eigenvalue weighted by molar-refractivity contribution is 6.29. The van der Waals surface area contributed by atoms with Gasteiger partial charge in [-0.3, -0.25) is 0 Å². The third-order valence-electron chi connectivity index (χ3n) is 11.3. The van der Waals surface area contributed by atoms with Gasteiger partial charge in [-0.1, -0.05) is 140 Å². The van der Waals surface area contributed by atoms with Crippen LogP contribution in [0.2, 0.25) is 0 Å². The van der Waals surface area contributed by atoms with Gasteiger partial charge in [-0.2, -0.15) is 0 Å². The Morgan fingerprint density at radius 2 is 1.09 bits per heavy atom. The van der Waals surface area contributed by atoms with E-state index in [-0.39, 0.29) is 0 Å². The molecule has 9 aromatic carbocycles. The van der Waals surface area contributed by atoms with Gasteiger partial charge in [0.1, 0.15) is 34.3 Å². The van der Waals surface area contributed by atoms with Crippen molar-refractivity contribution in [1.29, 1.82) is 0 Å². The van der Waals surface area contributed by atoms with E-state index in [0.717, 1.165) is 88.3 Å². The first-order chi connectivity index (χ1) is 27.7. The number of para-hydroxylation sites is 1. The first-order valence-electron chi connectivity index (χ1n) is 18.9. The fourth-order valence-electron chi connectivity index (χ4n) is 8.79. The molecule has 3 heterocycles. The zero-order valence-electron chi connectivity index (χ0n) is 30.0. The van der Waals surface area contributed by atoms with Crippen LogP contribution in [-0.4, -0.2) is 11.7 Å². The summed E-state index contributed by atoms with van der Waals surface area (Å²) in [6, 6.07) is 61.5. The lowest BCUT2D eigenvalue weighted by Crippen LogP contribution is -2.34. The lowest BCUT2D eigenvalue weighted by molar-refractivity contribution is 0.662. The van der Waals surface area contributed by atoms with Crippen molar-refractivity contribution >= 4 is 87.9 Å². The highest BCUT2D eigenvalue weighted by Crippen LogP contribution is 2.40. The summed E-state index contributed by atoms with van der Waals surface area (Å²) >= 11 is 0. The number of rotatable bonds is 4. The van der Waals surface area contributed by atoms with E-state index in [4.69, 9.17) is 18.8 Å². The van der Waals surface area contributed by atoms with Crippen LogP contribution in [0, 0.1) is 0 Å². The van der Waals surface area contributed by atoms with Crippen molar-refractivity contribution in [3.8, 4) is 11.1 Å². The minimum atomic E-state index is -0.475. The number of nitrogens with one attached hydrogen (secondary N) is 1. The predicted octanol–water partition coefficient (Wildman–Crippen LogP) is 13.1. The molecule has 0 saturated heterocycles. The maximum atomic E-state index is 6.51. The summed E-state index contributed by atoms with van der Waals surface area (Å²) < 4.78 is 12.9. The molecule has 2 aromatic heterocycles. The van der Waals surface area contributed by atoms with E-state index < -0.39 is 6.17 Å². The maximum absolute atomic E-state index is 6.51. The Hall–Kier alpha value is -7.50. The standard InChI is InChI=1S/C51H31N3O2/c1-2-12-30(13-3-1)32-25-27-43-41(28-32)48-39(20-11-23-45(48)56-43)50-52-49(38-19-10-22-44-47(38)37-18-8-9-21-42(37)55-44)53-51(54-50)40-29-33-15-5-7-17-35(33)46-34-16-6-4-14-31(34)24-26-36(40)46/h1-29,49H,(H,52,53,54). The average Bonchev–Trinajstić information content (AvgIpc) is 3.84. The Kier molecular flexibility index (Phi) is 6.63. The topological polar surface area (TPSA) is 63.0 Å². The van der Waals surface area contributed by atoms with Gasteiger partial charge in [-0.05, 0) is 79.8 Å². The number of hydrogen-bond donors (Lipinski definition) is 1. The Morgan fingerprint density at radius 3 is 1.95 bits per heavy atom. The Morgan fingerprint density at radius 1 is 0.411 bits per heavy atom. The van der Waals surface area contributed by atoms with E-state index in [0.29, 0.717) is 5.84 Å². The van der Waals surface area contributed by atoms with E-state index >= 15 is 0 Å². The van der Waals surface area contributed by atoms with Gasteiger partial charge in [0.25, 0.3) is 0 Å². The summed E-state index contributed by atoms with van der Waals surface area (Å²) in [5.41, 5.74) is 8.51. The Labute approximate surface area is 320 Å². The molecule has 12 rings (SSSR count). The van der Waals surface area contributed by atoms with Crippen molar-refractivity contribution in [3.05, 3.63) is 193 Å². The molecule has 11 aromatic rings. The second-order valence-electron chi connectivity index (χ2n) is 14.5. The molecule has 0 spiro atoms. The highest BCUT2D eigenvalue weighted by atomic mass is 16.3. The number of hydrogen-bond acceptors (Lipinski definition) is 5. The van der Waals surface area contributed by atoms with Gasteiger partial charge in [0.15, 0.2) is 5.84 Å². The Balaban J connectivity index is 1.14. The van der Waals surface area contributed by atoms with Crippen LogP contribution in [-0.2, 0) is 0 Å². The fourth-order valence-corrected chi connectivity index (χ4v) is 8.79. The number of benzene rings is 9. The van der Waals surface area contributed by atoms with Crippen LogP contribution in [0.4, 0.5) is 0 Å². The molecular formula is C51H31N3O2. The van der Waals surface area contributed by atoms with Crippen LogP contribution in [0.15, 0.2) is 195 Å². The highest BCUT2D eigenvalue weighted by Gasteiger charge is 2.27. The first kappa shape index (κ1) is 30.9. The molecule has 0 saturated carbocycles. The average molecular weight is 718 g/mol. The second kappa shape index (κ2) is 12.0. The van der Waals surface area contributed by atoms with Crippen molar-refractivity contribution in [3.63, 3.8) is 0 Å². The van der Waals surface area contributed by atoms with Crippen LogP contribution in [0.1, 0.15) is 22.9 Å². The molecule has 262 valence electrons. The van der Waals surface area contributed by atoms with Crippen molar-refractivity contribution in [2.75, 3.05) is 0 Å². The second-order valence-corrected chi connectivity index (χ2v) is 14.5. The molecule has 5 heteroatoms. The Bertz CT molecular complexity index is 3450. The van der Waals surface area contributed by atoms with Crippen LogP contribution in [0.3, 0.4) is 0 Å². The number of aliphatic imine (C=N–C) groups is 2. The lowest BCUT2D eigenvalue weighted by Gasteiger charge is -2.25. The molecule has 0 fully saturated rings. The molecule has 1 unspecified atom stereocenters. The van der Waals surface area contributed by atoms with Crippen molar-refractivity contribution in [2.45, 2.75) is 6.17 Å². The first-order valence-corrected chi connectivity index (χ1v) is 18.9. The van der Waals surface area contributed by atoms with Gasteiger partial charge in [0, 0.05) is 38.2 Å². The van der Waals surface area contributed by atoms with Gasteiger partial charge in [0.05, 0.1) is 0 Å². The molecule has 1 aliphatic rings. The molecule has 1 atom stereocenters. The predicted molar refractivity (Wildman–Crippen MR) is 231 cm³/mol. The lowest BCUT2D eigenvalue weighted by atomic mass is 9.92. The van der Waals surface area contributed by atoms with Crippen LogP contribution >= 0.6 is 0 Å². The number of nitrogens with zero attached hydrogens (tertiary/aromatic N) is 2. The summed E-state index contributed by atoms with van der Waals surface area (Å²) in [4.78, 5) is 11.0. The van der Waals surface area contributed by atoms with Gasteiger partial charge >= 0.3 is 0 Å². The van der Waals surface area contributed by atoms with Gasteiger partial charge in [0.2, 0.25) is 0 Å². The van der Waals surface area contributed by atoms with E-state index in [1.807, 2.05) is 36.4 Å². The summed E-state index contributed by atoms with van der Waals surface area (Å²) in [5, 5.41) is 15.1. The van der Waals surface area contributed by atoms with E-state index in [1.54, 1.807) is 0 Å². The van der Waals surface area contributed by atoms with Crippen molar-refractivity contribution in [2.24, 2.45) is 9.98 Å².